The number of aromatic nitrogens is 2. The SMILES string of the molecule is Cn1nc(C(=O)NC2CCN(Cc3ccccc3)CC2)c2c1-c1ccccc1S(=O)(=O)C2. The second-order valence-corrected chi connectivity index (χ2v) is 10.5. The van der Waals surface area contributed by atoms with Gasteiger partial charge in [0.05, 0.1) is 16.3 Å². The van der Waals surface area contributed by atoms with Gasteiger partial charge in [-0.3, -0.25) is 14.4 Å². The number of nitrogens with zero attached hydrogens (tertiary/aromatic N) is 3. The zero-order chi connectivity index (χ0) is 22.3. The zero-order valence-corrected chi connectivity index (χ0v) is 18.8. The molecule has 0 radical (unpaired) electrons. The lowest BCUT2D eigenvalue weighted by molar-refractivity contribution is 0.0902. The fourth-order valence-electron chi connectivity index (χ4n) is 4.76. The normalized spacial score (nSPS) is 18.0. The molecule has 166 valence electrons. The molecular weight excluding hydrogens is 424 g/mol. The first kappa shape index (κ1) is 20.9. The summed E-state index contributed by atoms with van der Waals surface area (Å²) < 4.78 is 27.3. The van der Waals surface area contributed by atoms with Gasteiger partial charge in [-0.15, -0.1) is 0 Å². The van der Waals surface area contributed by atoms with E-state index in [9.17, 15) is 13.2 Å². The van der Waals surface area contributed by atoms with E-state index >= 15 is 0 Å². The smallest absolute Gasteiger partial charge is 0.272 e. The number of rotatable bonds is 4. The molecule has 3 heterocycles. The van der Waals surface area contributed by atoms with Crippen LogP contribution in [0.5, 0.6) is 0 Å². The monoisotopic (exact) mass is 450 g/mol. The number of piperidine rings is 1. The Morgan fingerprint density at radius 3 is 2.50 bits per heavy atom. The summed E-state index contributed by atoms with van der Waals surface area (Å²) in [6.07, 6.45) is 1.71. The summed E-state index contributed by atoms with van der Waals surface area (Å²) in [4.78, 5) is 15.8. The maximum atomic E-state index is 13.1. The number of benzene rings is 2. The Kier molecular flexibility index (Phi) is 5.35. The molecule has 0 spiro atoms. The number of sulfone groups is 1. The van der Waals surface area contributed by atoms with Gasteiger partial charge in [0.15, 0.2) is 15.5 Å². The van der Waals surface area contributed by atoms with E-state index in [1.807, 2.05) is 6.07 Å². The van der Waals surface area contributed by atoms with Crippen molar-refractivity contribution in [1.29, 1.82) is 0 Å². The molecule has 1 saturated heterocycles. The van der Waals surface area contributed by atoms with E-state index in [0.29, 0.717) is 21.7 Å². The molecule has 1 aromatic heterocycles. The van der Waals surface area contributed by atoms with E-state index < -0.39 is 9.84 Å². The van der Waals surface area contributed by atoms with Gasteiger partial charge >= 0.3 is 0 Å². The van der Waals surface area contributed by atoms with E-state index in [-0.39, 0.29) is 23.4 Å². The third-order valence-corrected chi connectivity index (χ3v) is 8.04. The van der Waals surface area contributed by atoms with Gasteiger partial charge in [0.1, 0.15) is 0 Å². The van der Waals surface area contributed by atoms with Crippen molar-refractivity contribution in [2.24, 2.45) is 7.05 Å². The quantitative estimate of drug-likeness (QED) is 0.661. The lowest BCUT2D eigenvalue weighted by Gasteiger charge is -2.32. The second-order valence-electron chi connectivity index (χ2n) is 8.56. The van der Waals surface area contributed by atoms with Gasteiger partial charge in [-0.25, -0.2) is 8.42 Å². The van der Waals surface area contributed by atoms with Gasteiger partial charge in [0, 0.05) is 43.9 Å². The van der Waals surface area contributed by atoms with Gasteiger partial charge < -0.3 is 5.32 Å². The summed E-state index contributed by atoms with van der Waals surface area (Å²) in [6, 6.07) is 17.3. The molecule has 2 aromatic carbocycles. The molecule has 1 fully saturated rings. The molecule has 3 aromatic rings. The summed E-state index contributed by atoms with van der Waals surface area (Å²) in [5.41, 5.74) is 3.31. The molecule has 0 aliphatic carbocycles. The number of hydrogen-bond donors (Lipinski definition) is 1. The summed E-state index contributed by atoms with van der Waals surface area (Å²) in [6.45, 7) is 2.72. The van der Waals surface area contributed by atoms with E-state index in [0.717, 1.165) is 32.5 Å². The van der Waals surface area contributed by atoms with Crippen LogP contribution in [0.2, 0.25) is 0 Å². The largest absolute Gasteiger partial charge is 0.348 e. The fraction of sp³-hybridized carbons (Fsp3) is 0.333. The van der Waals surface area contributed by atoms with Crippen molar-refractivity contribution in [2.75, 3.05) is 13.1 Å². The van der Waals surface area contributed by atoms with Crippen LogP contribution in [0.4, 0.5) is 0 Å². The van der Waals surface area contributed by atoms with E-state index in [1.54, 1.807) is 36.0 Å². The van der Waals surface area contributed by atoms with Gasteiger partial charge in [0.25, 0.3) is 5.91 Å². The van der Waals surface area contributed by atoms with E-state index in [2.05, 4.69) is 39.6 Å². The van der Waals surface area contributed by atoms with Crippen molar-refractivity contribution >= 4 is 15.7 Å². The second kappa shape index (κ2) is 8.18. The van der Waals surface area contributed by atoms with Crippen LogP contribution in [0.3, 0.4) is 0 Å². The average Bonchev–Trinajstić information content (AvgIpc) is 3.11. The minimum atomic E-state index is -3.51. The summed E-state index contributed by atoms with van der Waals surface area (Å²) in [5.74, 6) is -0.496. The van der Waals surface area contributed by atoms with Crippen LogP contribution < -0.4 is 5.32 Å². The fourth-order valence-corrected chi connectivity index (χ4v) is 6.35. The highest BCUT2D eigenvalue weighted by Crippen LogP contribution is 2.38. The third kappa shape index (κ3) is 3.84. The molecule has 0 unspecified atom stereocenters. The Morgan fingerprint density at radius 2 is 1.75 bits per heavy atom. The molecule has 5 rings (SSSR count). The predicted molar refractivity (Wildman–Crippen MR) is 122 cm³/mol. The number of carbonyl (C=O) groups is 1. The summed E-state index contributed by atoms with van der Waals surface area (Å²) in [7, 11) is -1.75. The van der Waals surface area contributed by atoms with Gasteiger partial charge in [0.2, 0.25) is 0 Å². The van der Waals surface area contributed by atoms with Crippen molar-refractivity contribution < 1.29 is 13.2 Å². The molecule has 0 atom stereocenters. The van der Waals surface area contributed by atoms with Gasteiger partial charge in [-0.1, -0.05) is 48.5 Å². The van der Waals surface area contributed by atoms with E-state index in [1.165, 1.54) is 5.56 Å². The summed E-state index contributed by atoms with van der Waals surface area (Å²) >= 11 is 0. The van der Waals surface area contributed by atoms with Crippen molar-refractivity contribution in [1.82, 2.24) is 20.0 Å². The maximum Gasteiger partial charge on any atom is 0.272 e. The highest BCUT2D eigenvalue weighted by Gasteiger charge is 2.35. The Balaban J connectivity index is 1.30. The predicted octanol–water partition coefficient (Wildman–Crippen LogP) is 2.77. The number of hydrogen-bond acceptors (Lipinski definition) is 5. The third-order valence-electron chi connectivity index (χ3n) is 6.34. The lowest BCUT2D eigenvalue weighted by Crippen LogP contribution is -2.44. The highest BCUT2D eigenvalue weighted by molar-refractivity contribution is 7.90. The number of fused-ring (bicyclic) bond motifs is 3. The molecular formula is C24H26N4O3S. The molecule has 32 heavy (non-hydrogen) atoms. The number of likely N-dealkylation sites (tertiary alicyclic amines) is 1. The van der Waals surface area contributed by atoms with Crippen LogP contribution in [0, 0.1) is 0 Å². The molecule has 1 amide bonds. The maximum absolute atomic E-state index is 13.1. The molecule has 0 saturated carbocycles. The highest BCUT2D eigenvalue weighted by atomic mass is 32.2. The van der Waals surface area contributed by atoms with Crippen molar-refractivity contribution in [3.63, 3.8) is 0 Å². The van der Waals surface area contributed by atoms with Crippen LogP contribution in [-0.4, -0.2) is 48.1 Å². The molecule has 2 aliphatic rings. The van der Waals surface area contributed by atoms with Crippen LogP contribution in [0.25, 0.3) is 11.3 Å². The number of carbonyl (C=O) groups excluding carboxylic acids is 1. The van der Waals surface area contributed by atoms with Crippen LogP contribution in [-0.2, 0) is 29.2 Å². The molecule has 0 bridgehead atoms. The number of nitrogens with one attached hydrogen (secondary N) is 1. The molecule has 1 N–H and O–H groups in total. The Bertz CT molecular complexity index is 1260. The average molecular weight is 451 g/mol. The van der Waals surface area contributed by atoms with Crippen LogP contribution in [0.1, 0.15) is 34.5 Å². The minimum Gasteiger partial charge on any atom is -0.348 e. The molecule has 7 nitrogen and oxygen atoms in total. The Labute approximate surface area is 188 Å². The first-order chi connectivity index (χ1) is 15.4. The topological polar surface area (TPSA) is 84.3 Å². The lowest BCUT2D eigenvalue weighted by atomic mass is 10.0. The van der Waals surface area contributed by atoms with Crippen LogP contribution in [0.15, 0.2) is 59.5 Å². The molecule has 8 heteroatoms. The van der Waals surface area contributed by atoms with Gasteiger partial charge in [-0.05, 0) is 24.5 Å². The minimum absolute atomic E-state index is 0.0552. The van der Waals surface area contributed by atoms with Crippen molar-refractivity contribution in [2.45, 2.75) is 36.1 Å². The first-order valence-electron chi connectivity index (χ1n) is 10.9. The van der Waals surface area contributed by atoms with Crippen molar-refractivity contribution in [3.8, 4) is 11.3 Å². The summed E-state index contributed by atoms with van der Waals surface area (Å²) in [5, 5.41) is 7.52. The Hall–Kier alpha value is -2.97. The zero-order valence-electron chi connectivity index (χ0n) is 18.0. The first-order valence-corrected chi connectivity index (χ1v) is 12.5. The number of aryl methyl sites for hydroxylation is 1. The molecule has 2 aliphatic heterocycles. The Morgan fingerprint density at radius 1 is 1.06 bits per heavy atom. The van der Waals surface area contributed by atoms with Gasteiger partial charge in [-0.2, -0.15) is 5.10 Å². The van der Waals surface area contributed by atoms with E-state index in [4.69, 9.17) is 0 Å². The number of amides is 1. The van der Waals surface area contributed by atoms with Crippen molar-refractivity contribution in [3.05, 3.63) is 71.4 Å². The van der Waals surface area contributed by atoms with Crippen LogP contribution >= 0.6 is 0 Å². The standard InChI is InChI=1S/C24H26N4O3S/c1-27-23-19-9-5-6-10-21(19)32(30,31)16-20(23)22(26-27)24(29)25-18-11-13-28(14-12-18)15-17-7-3-2-4-8-17/h2-10,18H,11-16H2,1H3,(H,25,29).